The Morgan fingerprint density at radius 1 is 1.40 bits per heavy atom. The number of ether oxygens (including phenoxy) is 2. The smallest absolute Gasteiger partial charge is 0.231 e. The molecular weight excluding hydrogens is 260 g/mol. The Labute approximate surface area is 117 Å². The third-order valence-corrected chi connectivity index (χ3v) is 3.59. The van der Waals surface area contributed by atoms with Crippen LogP contribution in [0.25, 0.3) is 0 Å². The van der Waals surface area contributed by atoms with Crippen LogP contribution in [0, 0.1) is 0 Å². The largest absolute Gasteiger partial charge is 0.454 e. The summed E-state index contributed by atoms with van der Waals surface area (Å²) in [5.74, 6) is 1.49. The summed E-state index contributed by atoms with van der Waals surface area (Å²) >= 11 is 0. The first kappa shape index (κ1) is 13.2. The van der Waals surface area contributed by atoms with Crippen molar-refractivity contribution in [1.29, 1.82) is 0 Å². The molecule has 108 valence electrons. The lowest BCUT2D eigenvalue weighted by Gasteiger charge is -2.15. The van der Waals surface area contributed by atoms with Gasteiger partial charge in [-0.15, -0.1) is 0 Å². The number of benzene rings is 1. The van der Waals surface area contributed by atoms with E-state index in [9.17, 15) is 9.90 Å². The molecule has 6 heteroatoms. The summed E-state index contributed by atoms with van der Waals surface area (Å²) in [6.07, 6.45) is 0.838. The summed E-state index contributed by atoms with van der Waals surface area (Å²) in [6, 6.07) is 5.60. The number of amides is 1. The molecule has 2 heterocycles. The monoisotopic (exact) mass is 278 g/mol. The number of aliphatic hydroxyl groups excluding tert-OH is 1. The second-order valence-corrected chi connectivity index (χ2v) is 5.09. The van der Waals surface area contributed by atoms with Crippen LogP contribution in [0.3, 0.4) is 0 Å². The average molecular weight is 278 g/mol. The summed E-state index contributed by atoms with van der Waals surface area (Å²) in [7, 11) is 0. The van der Waals surface area contributed by atoms with E-state index in [0.717, 1.165) is 12.0 Å². The molecule has 3 rings (SSSR count). The van der Waals surface area contributed by atoms with Gasteiger partial charge < -0.3 is 25.2 Å². The van der Waals surface area contributed by atoms with E-state index in [0.29, 0.717) is 31.0 Å². The Morgan fingerprint density at radius 3 is 3.05 bits per heavy atom. The average Bonchev–Trinajstić information content (AvgIpc) is 3.06. The minimum atomic E-state index is -0.610. The maximum absolute atomic E-state index is 11.1. The van der Waals surface area contributed by atoms with Gasteiger partial charge in [0.2, 0.25) is 12.7 Å². The van der Waals surface area contributed by atoms with Crippen LogP contribution in [0.15, 0.2) is 18.2 Å². The van der Waals surface area contributed by atoms with Crippen molar-refractivity contribution in [3.63, 3.8) is 0 Å². The number of rotatable bonds is 5. The van der Waals surface area contributed by atoms with Crippen molar-refractivity contribution in [2.45, 2.75) is 25.0 Å². The number of aliphatic hydroxyl groups is 1. The summed E-state index contributed by atoms with van der Waals surface area (Å²) in [5, 5.41) is 16.2. The Kier molecular flexibility index (Phi) is 3.75. The highest BCUT2D eigenvalue weighted by atomic mass is 16.7. The standard InChI is InChI=1S/C14H18N2O4/c17-11(7-15-6-10-2-4-14(18)16-10)9-1-3-12-13(5-9)20-8-19-12/h1,3,5,10-11,15,17H,2,4,6-8H2,(H,16,18). The normalized spacial score (nSPS) is 21.9. The minimum Gasteiger partial charge on any atom is -0.454 e. The zero-order valence-corrected chi connectivity index (χ0v) is 11.1. The number of nitrogens with one attached hydrogen (secondary N) is 2. The predicted octanol–water partition coefficient (Wildman–Crippen LogP) is 0.317. The Morgan fingerprint density at radius 2 is 2.25 bits per heavy atom. The number of hydrogen-bond donors (Lipinski definition) is 3. The molecule has 0 aliphatic carbocycles. The first-order valence-electron chi connectivity index (χ1n) is 6.80. The van der Waals surface area contributed by atoms with E-state index in [4.69, 9.17) is 9.47 Å². The van der Waals surface area contributed by atoms with E-state index >= 15 is 0 Å². The van der Waals surface area contributed by atoms with Crippen molar-refractivity contribution in [3.8, 4) is 11.5 Å². The molecule has 2 aliphatic rings. The lowest BCUT2D eigenvalue weighted by atomic mass is 10.1. The van der Waals surface area contributed by atoms with Gasteiger partial charge in [0, 0.05) is 25.6 Å². The SMILES string of the molecule is O=C1CCC(CNCC(O)c2ccc3c(c2)OCO3)N1. The van der Waals surface area contributed by atoms with Crippen molar-refractivity contribution in [1.82, 2.24) is 10.6 Å². The maximum atomic E-state index is 11.1. The van der Waals surface area contributed by atoms with E-state index in [1.165, 1.54) is 0 Å². The van der Waals surface area contributed by atoms with Gasteiger partial charge in [0.05, 0.1) is 6.10 Å². The first-order chi connectivity index (χ1) is 9.72. The number of hydrogen-bond acceptors (Lipinski definition) is 5. The molecule has 3 N–H and O–H groups in total. The van der Waals surface area contributed by atoms with Crippen molar-refractivity contribution in [3.05, 3.63) is 23.8 Å². The van der Waals surface area contributed by atoms with Crippen molar-refractivity contribution >= 4 is 5.91 Å². The summed E-state index contributed by atoms with van der Waals surface area (Å²) in [6.45, 7) is 1.34. The molecule has 2 unspecified atom stereocenters. The molecule has 0 aromatic heterocycles. The van der Waals surface area contributed by atoms with E-state index in [1.807, 2.05) is 6.07 Å². The molecule has 1 saturated heterocycles. The van der Waals surface area contributed by atoms with Crippen molar-refractivity contribution < 1.29 is 19.4 Å². The van der Waals surface area contributed by atoms with Crippen LogP contribution < -0.4 is 20.1 Å². The highest BCUT2D eigenvalue weighted by Crippen LogP contribution is 2.34. The van der Waals surface area contributed by atoms with E-state index in [1.54, 1.807) is 12.1 Å². The van der Waals surface area contributed by atoms with Crippen LogP contribution in [-0.2, 0) is 4.79 Å². The topological polar surface area (TPSA) is 79.8 Å². The molecule has 1 aromatic carbocycles. The Balaban J connectivity index is 1.49. The Bertz CT molecular complexity index is 506. The van der Waals surface area contributed by atoms with Crippen LogP contribution in [-0.4, -0.2) is 36.9 Å². The summed E-state index contributed by atoms with van der Waals surface area (Å²) in [4.78, 5) is 11.1. The lowest BCUT2D eigenvalue weighted by molar-refractivity contribution is -0.119. The van der Waals surface area contributed by atoms with E-state index in [2.05, 4.69) is 10.6 Å². The van der Waals surface area contributed by atoms with Gasteiger partial charge in [-0.2, -0.15) is 0 Å². The van der Waals surface area contributed by atoms with E-state index < -0.39 is 6.10 Å². The molecule has 2 aliphatic heterocycles. The second-order valence-electron chi connectivity index (χ2n) is 5.09. The molecule has 0 radical (unpaired) electrons. The third kappa shape index (κ3) is 2.86. The molecule has 20 heavy (non-hydrogen) atoms. The summed E-state index contributed by atoms with van der Waals surface area (Å²) < 4.78 is 10.5. The number of carbonyl (C=O) groups is 1. The highest BCUT2D eigenvalue weighted by Gasteiger charge is 2.21. The third-order valence-electron chi connectivity index (χ3n) is 3.59. The van der Waals surface area contributed by atoms with Gasteiger partial charge in [-0.3, -0.25) is 4.79 Å². The molecule has 0 saturated carbocycles. The molecule has 0 spiro atoms. The fraction of sp³-hybridized carbons (Fsp3) is 0.500. The fourth-order valence-corrected chi connectivity index (χ4v) is 2.46. The van der Waals surface area contributed by atoms with Crippen LogP contribution in [0.1, 0.15) is 24.5 Å². The molecule has 6 nitrogen and oxygen atoms in total. The first-order valence-corrected chi connectivity index (χ1v) is 6.80. The fourth-order valence-electron chi connectivity index (χ4n) is 2.46. The quantitative estimate of drug-likeness (QED) is 0.722. The number of carbonyl (C=O) groups excluding carboxylic acids is 1. The molecule has 1 amide bonds. The zero-order chi connectivity index (χ0) is 13.9. The van der Waals surface area contributed by atoms with Crippen LogP contribution in [0.5, 0.6) is 11.5 Å². The van der Waals surface area contributed by atoms with Gasteiger partial charge in [-0.05, 0) is 24.1 Å². The van der Waals surface area contributed by atoms with Crippen LogP contribution >= 0.6 is 0 Å². The maximum Gasteiger partial charge on any atom is 0.231 e. The van der Waals surface area contributed by atoms with Gasteiger partial charge >= 0.3 is 0 Å². The molecule has 1 fully saturated rings. The molecule has 0 bridgehead atoms. The second kappa shape index (κ2) is 5.68. The summed E-state index contributed by atoms with van der Waals surface area (Å²) in [5.41, 5.74) is 0.789. The number of fused-ring (bicyclic) bond motifs is 1. The van der Waals surface area contributed by atoms with Gasteiger partial charge in [0.25, 0.3) is 0 Å². The lowest BCUT2D eigenvalue weighted by Crippen LogP contribution is -2.37. The van der Waals surface area contributed by atoms with Gasteiger partial charge in [-0.25, -0.2) is 0 Å². The highest BCUT2D eigenvalue weighted by molar-refractivity contribution is 5.78. The molecule has 2 atom stereocenters. The zero-order valence-electron chi connectivity index (χ0n) is 11.1. The Hall–Kier alpha value is -1.79. The van der Waals surface area contributed by atoms with E-state index in [-0.39, 0.29) is 18.7 Å². The van der Waals surface area contributed by atoms with Crippen LogP contribution in [0.2, 0.25) is 0 Å². The van der Waals surface area contributed by atoms with Crippen LogP contribution in [0.4, 0.5) is 0 Å². The van der Waals surface area contributed by atoms with Crippen molar-refractivity contribution in [2.24, 2.45) is 0 Å². The van der Waals surface area contributed by atoms with Gasteiger partial charge in [0.15, 0.2) is 11.5 Å². The van der Waals surface area contributed by atoms with Gasteiger partial charge in [-0.1, -0.05) is 6.07 Å². The van der Waals surface area contributed by atoms with Crippen molar-refractivity contribution in [2.75, 3.05) is 19.9 Å². The predicted molar refractivity (Wildman–Crippen MR) is 71.6 cm³/mol. The molecule has 1 aromatic rings. The van der Waals surface area contributed by atoms with Gasteiger partial charge in [0.1, 0.15) is 0 Å². The minimum absolute atomic E-state index is 0.105. The molecular formula is C14H18N2O4.